The summed E-state index contributed by atoms with van der Waals surface area (Å²) in [6.07, 6.45) is 2.48. The third-order valence-corrected chi connectivity index (χ3v) is 4.03. The lowest BCUT2D eigenvalue weighted by molar-refractivity contribution is -0.132. The number of likely N-dealkylation sites (tertiary alicyclic amines) is 1. The van der Waals surface area contributed by atoms with Gasteiger partial charge in [0.05, 0.1) is 17.5 Å². The summed E-state index contributed by atoms with van der Waals surface area (Å²) in [5.74, 6) is 0.909. The first-order chi connectivity index (χ1) is 9.22. The van der Waals surface area contributed by atoms with Gasteiger partial charge in [0, 0.05) is 19.1 Å². The van der Waals surface area contributed by atoms with Gasteiger partial charge in [-0.1, -0.05) is 12.1 Å². The van der Waals surface area contributed by atoms with E-state index in [1.807, 2.05) is 29.2 Å². The van der Waals surface area contributed by atoms with Crippen molar-refractivity contribution in [2.45, 2.75) is 25.3 Å². The van der Waals surface area contributed by atoms with Gasteiger partial charge in [-0.15, -0.1) is 12.4 Å². The summed E-state index contributed by atoms with van der Waals surface area (Å²) in [6, 6.07) is 7.86. The summed E-state index contributed by atoms with van der Waals surface area (Å²) in [7, 11) is 0. The Balaban J connectivity index is 0.00000200. The fourth-order valence-corrected chi connectivity index (χ4v) is 2.76. The summed E-state index contributed by atoms with van der Waals surface area (Å²) in [6.45, 7) is 1.78. The van der Waals surface area contributed by atoms with Gasteiger partial charge in [0.15, 0.2) is 0 Å². The van der Waals surface area contributed by atoms with Crippen molar-refractivity contribution < 1.29 is 9.53 Å². The van der Waals surface area contributed by atoms with Crippen molar-refractivity contribution >= 4 is 34.2 Å². The maximum Gasteiger partial charge on any atom is 0.226 e. The first-order valence-corrected chi connectivity index (χ1v) is 7.38. The van der Waals surface area contributed by atoms with Crippen LogP contribution in [0.1, 0.15) is 19.3 Å². The van der Waals surface area contributed by atoms with E-state index < -0.39 is 0 Å². The van der Waals surface area contributed by atoms with Crippen molar-refractivity contribution in [1.29, 1.82) is 0 Å². The van der Waals surface area contributed by atoms with E-state index in [1.165, 1.54) is 0 Å². The number of ether oxygens (including phenoxy) is 1. The van der Waals surface area contributed by atoms with Crippen LogP contribution in [0.4, 0.5) is 0 Å². The van der Waals surface area contributed by atoms with Crippen LogP contribution in [0.2, 0.25) is 0 Å². The van der Waals surface area contributed by atoms with Crippen LogP contribution in [0.5, 0.6) is 5.75 Å². The van der Waals surface area contributed by atoms with Crippen molar-refractivity contribution in [3.63, 3.8) is 0 Å². The molecule has 20 heavy (non-hydrogen) atoms. The minimum atomic E-state index is 0. The van der Waals surface area contributed by atoms with Crippen molar-refractivity contribution in [3.8, 4) is 5.75 Å². The van der Waals surface area contributed by atoms with Crippen LogP contribution < -0.4 is 10.5 Å². The first-order valence-electron chi connectivity index (χ1n) is 6.59. The largest absolute Gasteiger partial charge is 0.492 e. The maximum absolute atomic E-state index is 12.1. The van der Waals surface area contributed by atoms with E-state index in [0.717, 1.165) is 29.6 Å². The van der Waals surface area contributed by atoms with E-state index in [9.17, 15) is 4.79 Å². The molecule has 1 aliphatic heterocycles. The second kappa shape index (κ2) is 8.49. The number of nitrogens with two attached hydrogens (primary N) is 1. The molecule has 1 heterocycles. The molecule has 2 rings (SSSR count). The van der Waals surface area contributed by atoms with E-state index in [-0.39, 0.29) is 24.4 Å². The van der Waals surface area contributed by atoms with Crippen molar-refractivity contribution in [2.24, 2.45) is 5.73 Å². The van der Waals surface area contributed by atoms with Gasteiger partial charge in [-0.3, -0.25) is 4.79 Å². The van der Waals surface area contributed by atoms with E-state index in [4.69, 9.17) is 10.5 Å². The molecule has 0 aromatic heterocycles. The van der Waals surface area contributed by atoms with Gasteiger partial charge in [0.1, 0.15) is 5.75 Å². The summed E-state index contributed by atoms with van der Waals surface area (Å²) in [5.41, 5.74) is 5.67. The van der Waals surface area contributed by atoms with Crippen LogP contribution in [0.15, 0.2) is 28.7 Å². The van der Waals surface area contributed by atoms with Gasteiger partial charge in [0.2, 0.25) is 5.91 Å². The second-order valence-corrected chi connectivity index (χ2v) is 5.50. The van der Waals surface area contributed by atoms with Gasteiger partial charge in [0.25, 0.3) is 0 Å². The van der Waals surface area contributed by atoms with E-state index in [1.54, 1.807) is 0 Å². The van der Waals surface area contributed by atoms with Crippen LogP contribution >= 0.6 is 28.3 Å². The zero-order valence-electron chi connectivity index (χ0n) is 11.3. The summed E-state index contributed by atoms with van der Waals surface area (Å²) in [5, 5.41) is 0. The monoisotopic (exact) mass is 362 g/mol. The molecule has 1 saturated heterocycles. The average Bonchev–Trinajstić information content (AvgIpc) is 2.89. The predicted octanol–water partition coefficient (Wildman–Crippen LogP) is 2.59. The van der Waals surface area contributed by atoms with Crippen LogP contribution in [0.25, 0.3) is 0 Å². The molecule has 0 spiro atoms. The Morgan fingerprint density at radius 3 is 2.90 bits per heavy atom. The number of hydrogen-bond acceptors (Lipinski definition) is 3. The van der Waals surface area contributed by atoms with Crippen LogP contribution in [0, 0.1) is 0 Å². The van der Waals surface area contributed by atoms with Crippen LogP contribution in [-0.2, 0) is 4.79 Å². The minimum Gasteiger partial charge on any atom is -0.492 e. The van der Waals surface area contributed by atoms with Gasteiger partial charge >= 0.3 is 0 Å². The number of amides is 1. The Morgan fingerprint density at radius 1 is 1.45 bits per heavy atom. The van der Waals surface area contributed by atoms with Crippen LogP contribution in [-0.4, -0.2) is 36.5 Å². The topological polar surface area (TPSA) is 55.6 Å². The fourth-order valence-electron chi connectivity index (χ4n) is 2.36. The Hall–Kier alpha value is -0.780. The molecule has 1 aromatic carbocycles. The van der Waals surface area contributed by atoms with Crippen molar-refractivity contribution in [1.82, 2.24) is 4.90 Å². The van der Waals surface area contributed by atoms with Gasteiger partial charge < -0.3 is 15.4 Å². The number of halogens is 2. The van der Waals surface area contributed by atoms with Crippen molar-refractivity contribution in [3.05, 3.63) is 28.7 Å². The Bertz CT molecular complexity index is 445. The Morgan fingerprint density at radius 2 is 2.20 bits per heavy atom. The molecule has 1 amide bonds. The predicted molar refractivity (Wildman–Crippen MR) is 85.3 cm³/mol. The van der Waals surface area contributed by atoms with E-state index >= 15 is 0 Å². The first kappa shape index (κ1) is 17.3. The molecule has 1 aliphatic rings. The summed E-state index contributed by atoms with van der Waals surface area (Å²) in [4.78, 5) is 14.0. The molecule has 0 saturated carbocycles. The molecule has 0 aliphatic carbocycles. The number of hydrogen-bond donors (Lipinski definition) is 1. The Kier molecular flexibility index (Phi) is 7.34. The standard InChI is InChI=1S/C14H19BrN2O2.ClH/c15-12-5-1-2-6-13(12)19-9-7-14(18)17-8-3-4-11(17)10-16;/h1-2,5-6,11H,3-4,7-10,16H2;1H. The number of benzene rings is 1. The van der Waals surface area contributed by atoms with Crippen molar-refractivity contribution in [2.75, 3.05) is 19.7 Å². The van der Waals surface area contributed by atoms with Gasteiger partial charge in [-0.25, -0.2) is 0 Å². The Labute approximate surface area is 134 Å². The maximum atomic E-state index is 12.1. The highest BCUT2D eigenvalue weighted by Crippen LogP contribution is 2.24. The van der Waals surface area contributed by atoms with Crippen LogP contribution in [0.3, 0.4) is 0 Å². The average molecular weight is 364 g/mol. The molecule has 0 bridgehead atoms. The highest BCUT2D eigenvalue weighted by molar-refractivity contribution is 9.10. The molecule has 4 nitrogen and oxygen atoms in total. The molecule has 1 aromatic rings. The lowest BCUT2D eigenvalue weighted by Crippen LogP contribution is -2.40. The molecular formula is C14H20BrClN2O2. The molecular weight excluding hydrogens is 344 g/mol. The minimum absolute atomic E-state index is 0. The quantitative estimate of drug-likeness (QED) is 0.875. The van der Waals surface area contributed by atoms with E-state index in [2.05, 4.69) is 15.9 Å². The lowest BCUT2D eigenvalue weighted by Gasteiger charge is -2.23. The highest BCUT2D eigenvalue weighted by atomic mass is 79.9. The molecule has 1 fully saturated rings. The summed E-state index contributed by atoms with van der Waals surface area (Å²) >= 11 is 3.41. The second-order valence-electron chi connectivity index (χ2n) is 4.65. The molecule has 112 valence electrons. The molecule has 1 atom stereocenters. The third kappa shape index (κ3) is 4.36. The molecule has 2 N–H and O–H groups in total. The molecule has 0 radical (unpaired) electrons. The van der Waals surface area contributed by atoms with Gasteiger partial charge in [-0.2, -0.15) is 0 Å². The summed E-state index contributed by atoms with van der Waals surface area (Å²) < 4.78 is 6.52. The smallest absolute Gasteiger partial charge is 0.226 e. The van der Waals surface area contributed by atoms with Gasteiger partial charge in [-0.05, 0) is 40.9 Å². The third-order valence-electron chi connectivity index (χ3n) is 3.38. The number of rotatable bonds is 5. The normalized spacial score (nSPS) is 17.7. The number of para-hydroxylation sites is 1. The number of nitrogens with zero attached hydrogens (tertiary/aromatic N) is 1. The van der Waals surface area contributed by atoms with E-state index in [0.29, 0.717) is 19.6 Å². The molecule has 6 heteroatoms. The number of carbonyl (C=O) groups excluding carboxylic acids is 1. The lowest BCUT2D eigenvalue weighted by atomic mass is 10.2. The SMILES string of the molecule is Cl.NCC1CCCN1C(=O)CCOc1ccccc1Br. The number of carbonyl (C=O) groups is 1. The zero-order valence-corrected chi connectivity index (χ0v) is 13.7. The fraction of sp³-hybridized carbons (Fsp3) is 0.500. The zero-order chi connectivity index (χ0) is 13.7. The molecule has 1 unspecified atom stereocenters. The highest BCUT2D eigenvalue weighted by Gasteiger charge is 2.26.